The summed E-state index contributed by atoms with van der Waals surface area (Å²) in [5.74, 6) is 0.717. The van der Waals surface area contributed by atoms with Crippen LogP contribution in [-0.2, 0) is 11.2 Å². The van der Waals surface area contributed by atoms with Crippen molar-refractivity contribution in [3.8, 4) is 11.1 Å². The summed E-state index contributed by atoms with van der Waals surface area (Å²) in [5.41, 5.74) is 3.25. The summed E-state index contributed by atoms with van der Waals surface area (Å²) in [5, 5.41) is 17.2. The zero-order chi connectivity index (χ0) is 22.6. The lowest BCUT2D eigenvalue weighted by Crippen LogP contribution is -2.29. The number of aryl methyl sites for hydroxylation is 1. The Morgan fingerprint density at radius 3 is 2.94 bits per heavy atom. The number of hydrogen-bond donors (Lipinski definition) is 1. The molecule has 0 radical (unpaired) electrons. The summed E-state index contributed by atoms with van der Waals surface area (Å²) in [7, 11) is 0. The van der Waals surface area contributed by atoms with Gasteiger partial charge in [-0.2, -0.15) is 5.21 Å². The third-order valence-electron chi connectivity index (χ3n) is 5.37. The van der Waals surface area contributed by atoms with Gasteiger partial charge < -0.3 is 0 Å². The number of tetrazole rings is 1. The number of H-pyrrole nitrogens is 1. The van der Waals surface area contributed by atoms with Gasteiger partial charge in [0.2, 0.25) is 0 Å². The molecule has 4 aromatic rings. The topological polar surface area (TPSA) is 87.7 Å². The van der Waals surface area contributed by atoms with Crippen molar-refractivity contribution < 1.29 is 4.79 Å². The highest BCUT2D eigenvalue weighted by Gasteiger charge is 2.31. The predicted octanol–water partition coefficient (Wildman–Crippen LogP) is 5.09. The molecule has 10 heteroatoms. The predicted molar refractivity (Wildman–Crippen MR) is 137 cm³/mol. The van der Waals surface area contributed by atoms with E-state index in [1.54, 1.807) is 22.4 Å². The van der Waals surface area contributed by atoms with Gasteiger partial charge in [0.1, 0.15) is 4.32 Å². The van der Waals surface area contributed by atoms with Gasteiger partial charge in [0.15, 0.2) is 5.82 Å². The van der Waals surface area contributed by atoms with Crippen LogP contribution in [0, 0.1) is 0 Å². The molecular weight excluding hydrogens is 472 g/mol. The summed E-state index contributed by atoms with van der Waals surface area (Å²) >= 11 is 8.48. The first-order chi connectivity index (χ1) is 16.2. The molecule has 1 amide bonds. The summed E-state index contributed by atoms with van der Waals surface area (Å²) in [6, 6.07) is 12.4. The van der Waals surface area contributed by atoms with E-state index in [1.807, 2.05) is 18.2 Å². The maximum absolute atomic E-state index is 12.9. The number of rotatable bonds is 8. The molecule has 0 unspecified atom stereocenters. The molecule has 1 fully saturated rings. The highest BCUT2D eigenvalue weighted by molar-refractivity contribution is 8.26. The number of fused-ring (bicyclic) bond motifs is 1. The van der Waals surface area contributed by atoms with Crippen LogP contribution in [0.15, 0.2) is 52.9 Å². The Labute approximate surface area is 204 Å². The molecule has 0 bridgehead atoms. The Hall–Kier alpha value is -2.95. The first kappa shape index (κ1) is 21.9. The summed E-state index contributed by atoms with van der Waals surface area (Å²) < 4.78 is 0.628. The summed E-state index contributed by atoms with van der Waals surface area (Å²) in [4.78, 5) is 20.7. The Kier molecular flexibility index (Phi) is 6.56. The molecule has 0 aliphatic carbocycles. The summed E-state index contributed by atoms with van der Waals surface area (Å²) in [6.07, 6.45) is 7.34. The molecule has 166 valence electrons. The van der Waals surface area contributed by atoms with E-state index in [-0.39, 0.29) is 5.91 Å². The monoisotopic (exact) mass is 492 g/mol. The number of aromatic amines is 1. The minimum absolute atomic E-state index is 0.00472. The van der Waals surface area contributed by atoms with E-state index in [0.717, 1.165) is 58.4 Å². The molecular formula is C23H20N6OS3. The smallest absolute Gasteiger partial charge is 0.266 e. The van der Waals surface area contributed by atoms with Gasteiger partial charge in [0, 0.05) is 29.4 Å². The fourth-order valence-corrected chi connectivity index (χ4v) is 5.90. The molecule has 1 saturated heterocycles. The van der Waals surface area contributed by atoms with E-state index in [2.05, 4.69) is 55.3 Å². The van der Waals surface area contributed by atoms with Crippen molar-refractivity contribution in [1.82, 2.24) is 30.5 Å². The van der Waals surface area contributed by atoms with Crippen molar-refractivity contribution in [1.29, 1.82) is 0 Å². The fourth-order valence-electron chi connectivity index (χ4n) is 3.68. The Morgan fingerprint density at radius 1 is 1.12 bits per heavy atom. The van der Waals surface area contributed by atoms with E-state index in [1.165, 1.54) is 11.8 Å². The number of thiocarbonyl (C=S) groups is 1. The fraction of sp³-hybridized carbons (Fsp3) is 0.217. The SMILES string of the molecule is O=C1/C(=C/c2cc(-c3ccc4ncccc4c3)cs2)SC(=S)N1CCCCCc1nn[nH]n1. The zero-order valence-corrected chi connectivity index (χ0v) is 20.1. The van der Waals surface area contributed by atoms with Gasteiger partial charge in [0.25, 0.3) is 5.91 Å². The van der Waals surface area contributed by atoms with Crippen LogP contribution in [0.1, 0.15) is 30.0 Å². The largest absolute Gasteiger partial charge is 0.293 e. The van der Waals surface area contributed by atoms with E-state index < -0.39 is 0 Å². The third kappa shape index (κ3) is 5.02. The van der Waals surface area contributed by atoms with Crippen molar-refractivity contribution in [2.24, 2.45) is 0 Å². The maximum atomic E-state index is 12.9. The van der Waals surface area contributed by atoms with Gasteiger partial charge in [-0.25, -0.2) is 0 Å². The van der Waals surface area contributed by atoms with Crippen molar-refractivity contribution in [2.45, 2.75) is 25.7 Å². The highest BCUT2D eigenvalue weighted by atomic mass is 32.2. The second kappa shape index (κ2) is 9.90. The molecule has 1 N–H and O–H groups in total. The number of aromatic nitrogens is 5. The van der Waals surface area contributed by atoms with Crippen LogP contribution in [0.3, 0.4) is 0 Å². The highest BCUT2D eigenvalue weighted by Crippen LogP contribution is 2.35. The van der Waals surface area contributed by atoms with Gasteiger partial charge in [0.05, 0.1) is 10.4 Å². The molecule has 1 aliphatic heterocycles. The average Bonchev–Trinajstić information content (AvgIpc) is 3.57. The average molecular weight is 493 g/mol. The Morgan fingerprint density at radius 2 is 2.06 bits per heavy atom. The lowest BCUT2D eigenvalue weighted by Gasteiger charge is -2.13. The van der Waals surface area contributed by atoms with Crippen LogP contribution >= 0.6 is 35.3 Å². The van der Waals surface area contributed by atoms with Crippen molar-refractivity contribution in [2.75, 3.05) is 6.54 Å². The van der Waals surface area contributed by atoms with Crippen molar-refractivity contribution in [3.05, 3.63) is 63.6 Å². The molecule has 1 aromatic carbocycles. The van der Waals surface area contributed by atoms with Crippen LogP contribution in [-0.4, -0.2) is 47.3 Å². The Bertz CT molecular complexity index is 1330. The normalized spacial score (nSPS) is 15.3. The molecule has 7 nitrogen and oxygen atoms in total. The maximum Gasteiger partial charge on any atom is 0.266 e. The third-order valence-corrected chi connectivity index (χ3v) is 7.63. The molecule has 1 aliphatic rings. The van der Waals surface area contributed by atoms with E-state index in [9.17, 15) is 4.79 Å². The number of benzene rings is 1. The first-order valence-corrected chi connectivity index (χ1v) is 12.7. The number of pyridine rings is 1. The second-order valence-electron chi connectivity index (χ2n) is 7.62. The van der Waals surface area contributed by atoms with E-state index in [4.69, 9.17) is 12.2 Å². The molecule has 33 heavy (non-hydrogen) atoms. The number of nitrogens with one attached hydrogen (secondary N) is 1. The van der Waals surface area contributed by atoms with E-state index >= 15 is 0 Å². The molecule has 3 aromatic heterocycles. The van der Waals surface area contributed by atoms with Crippen LogP contribution in [0.2, 0.25) is 0 Å². The van der Waals surface area contributed by atoms with Crippen molar-refractivity contribution in [3.63, 3.8) is 0 Å². The Balaban J connectivity index is 1.21. The number of nitrogens with zero attached hydrogens (tertiary/aromatic N) is 5. The van der Waals surface area contributed by atoms with Gasteiger partial charge in [-0.3, -0.25) is 14.7 Å². The summed E-state index contributed by atoms with van der Waals surface area (Å²) in [6.45, 7) is 0.634. The molecule has 5 rings (SSSR count). The minimum Gasteiger partial charge on any atom is -0.293 e. The standard InChI is InChI=1S/C23H20N6OS3/c30-22-20(33-23(31)29(22)10-3-1-2-6-21-25-27-28-26-21)13-18-12-17(14-32-18)15-7-8-19-16(11-15)5-4-9-24-19/h4-5,7-9,11-14H,1-3,6,10H2,(H,25,26,27,28)/b20-13-. The number of thioether (sulfide) groups is 1. The van der Waals surface area contributed by atoms with Gasteiger partial charge >= 0.3 is 0 Å². The lowest BCUT2D eigenvalue weighted by molar-refractivity contribution is -0.122. The van der Waals surface area contributed by atoms with Crippen LogP contribution in [0.4, 0.5) is 0 Å². The minimum atomic E-state index is -0.00472. The number of amides is 1. The second-order valence-corrected chi connectivity index (χ2v) is 10.2. The lowest BCUT2D eigenvalue weighted by atomic mass is 10.1. The van der Waals surface area contributed by atoms with Gasteiger partial charge in [-0.1, -0.05) is 47.7 Å². The van der Waals surface area contributed by atoms with Crippen LogP contribution in [0.5, 0.6) is 0 Å². The number of hydrogen-bond acceptors (Lipinski definition) is 8. The van der Waals surface area contributed by atoms with Gasteiger partial charge in [-0.05, 0) is 59.7 Å². The molecule has 0 saturated carbocycles. The quantitative estimate of drug-likeness (QED) is 0.208. The zero-order valence-electron chi connectivity index (χ0n) is 17.6. The number of carbonyl (C=O) groups excluding carboxylic acids is 1. The van der Waals surface area contributed by atoms with Crippen LogP contribution < -0.4 is 0 Å². The number of unbranched alkanes of at least 4 members (excludes halogenated alkanes) is 2. The van der Waals surface area contributed by atoms with E-state index in [0.29, 0.717) is 15.8 Å². The first-order valence-electron chi connectivity index (χ1n) is 10.6. The van der Waals surface area contributed by atoms with Gasteiger partial charge in [-0.15, -0.1) is 21.5 Å². The number of carbonyl (C=O) groups is 1. The number of thiophene rings is 1. The molecule has 0 spiro atoms. The molecule has 4 heterocycles. The molecule has 0 atom stereocenters. The van der Waals surface area contributed by atoms with Crippen molar-refractivity contribution >= 4 is 62.5 Å². The van der Waals surface area contributed by atoms with Crippen LogP contribution in [0.25, 0.3) is 28.1 Å².